The molecule has 0 spiro atoms. The number of esters is 1. The highest BCUT2D eigenvalue weighted by Gasteiger charge is 2.52. The molecule has 1 atom stereocenters. The Morgan fingerprint density at radius 3 is 2.36 bits per heavy atom. The summed E-state index contributed by atoms with van der Waals surface area (Å²) in [5.74, 6) is -0.165. The number of methoxy groups -OCH3 is 1. The number of nitrogens with one attached hydrogen (secondary N) is 1. The fourth-order valence-electron chi connectivity index (χ4n) is 4.87. The molecule has 1 heterocycles. The molecule has 1 aliphatic rings. The Hall–Kier alpha value is -3.68. The first kappa shape index (κ1) is 26.9. The van der Waals surface area contributed by atoms with Gasteiger partial charge in [0.25, 0.3) is 0 Å². The molecule has 200 valence electrons. The highest BCUT2D eigenvalue weighted by Crippen LogP contribution is 2.49. The van der Waals surface area contributed by atoms with Gasteiger partial charge >= 0.3 is 12.1 Å². The second kappa shape index (κ2) is 10.8. The molecule has 5 rings (SSSR count). The van der Waals surface area contributed by atoms with E-state index in [-0.39, 0.29) is 5.97 Å². The summed E-state index contributed by atoms with van der Waals surface area (Å²) in [7, 11) is 1.44. The van der Waals surface area contributed by atoms with Crippen LogP contribution in [-0.2, 0) is 19.7 Å². The smallest absolute Gasteiger partial charge is 0.412 e. The van der Waals surface area contributed by atoms with Crippen molar-refractivity contribution in [3.8, 4) is 21.6 Å². The molecule has 3 aromatic carbocycles. The maximum absolute atomic E-state index is 12.8. The number of aromatic nitrogens is 1. The normalized spacial score (nSPS) is 14.4. The summed E-state index contributed by atoms with van der Waals surface area (Å²) in [6.45, 7) is 5.69. The van der Waals surface area contributed by atoms with Gasteiger partial charge in [-0.2, -0.15) is 4.37 Å². The Morgan fingerprint density at radius 1 is 1.03 bits per heavy atom. The van der Waals surface area contributed by atoms with Gasteiger partial charge in [0.2, 0.25) is 0 Å². The fraction of sp³-hybridized carbons (Fsp3) is 0.258. The SMILES string of the molecule is COC(=O)C1(c2ccc(-c3ccc(-c4snc(C)c4NC(=O)O[C@H](C)c4ccccc4Cl)c(C)c3)cc2)CC1. The van der Waals surface area contributed by atoms with Crippen molar-refractivity contribution in [2.75, 3.05) is 12.4 Å². The van der Waals surface area contributed by atoms with Crippen LogP contribution in [0.4, 0.5) is 10.5 Å². The molecule has 1 aromatic heterocycles. The molecular formula is C31H29ClN2O4S. The maximum Gasteiger partial charge on any atom is 0.412 e. The monoisotopic (exact) mass is 560 g/mol. The first-order chi connectivity index (χ1) is 18.7. The highest BCUT2D eigenvalue weighted by molar-refractivity contribution is 7.10. The third-order valence-electron chi connectivity index (χ3n) is 7.28. The Balaban J connectivity index is 1.34. The summed E-state index contributed by atoms with van der Waals surface area (Å²) >= 11 is 7.60. The number of hydrogen-bond acceptors (Lipinski definition) is 6. The Morgan fingerprint density at radius 2 is 1.72 bits per heavy atom. The van der Waals surface area contributed by atoms with Gasteiger partial charge in [-0.25, -0.2) is 4.79 Å². The van der Waals surface area contributed by atoms with E-state index in [2.05, 4.69) is 21.8 Å². The third-order valence-corrected chi connectivity index (χ3v) is 8.60. The van der Waals surface area contributed by atoms with Crippen LogP contribution < -0.4 is 5.32 Å². The zero-order valence-corrected chi connectivity index (χ0v) is 23.8. The number of carbonyl (C=O) groups is 2. The van der Waals surface area contributed by atoms with Crippen molar-refractivity contribution in [3.63, 3.8) is 0 Å². The Bertz CT molecular complexity index is 1540. The summed E-state index contributed by atoms with van der Waals surface area (Å²) in [4.78, 5) is 25.9. The molecule has 0 saturated heterocycles. The summed E-state index contributed by atoms with van der Waals surface area (Å²) < 4.78 is 15.1. The molecule has 1 saturated carbocycles. The van der Waals surface area contributed by atoms with Crippen molar-refractivity contribution < 1.29 is 19.1 Å². The summed E-state index contributed by atoms with van der Waals surface area (Å²) in [5.41, 5.74) is 6.77. The van der Waals surface area contributed by atoms with Crippen LogP contribution in [0.2, 0.25) is 5.02 Å². The van der Waals surface area contributed by atoms with Crippen LogP contribution >= 0.6 is 23.1 Å². The van der Waals surface area contributed by atoms with Gasteiger partial charge in [0.15, 0.2) is 0 Å². The predicted octanol–water partition coefficient (Wildman–Crippen LogP) is 8.26. The first-order valence-corrected chi connectivity index (χ1v) is 13.9. The van der Waals surface area contributed by atoms with Gasteiger partial charge in [0, 0.05) is 10.6 Å². The van der Waals surface area contributed by atoms with Gasteiger partial charge in [-0.1, -0.05) is 72.3 Å². The predicted molar refractivity (Wildman–Crippen MR) is 155 cm³/mol. The lowest BCUT2D eigenvalue weighted by Crippen LogP contribution is -2.21. The Kier molecular flexibility index (Phi) is 7.47. The van der Waals surface area contributed by atoms with E-state index < -0.39 is 17.6 Å². The minimum absolute atomic E-state index is 0.165. The lowest BCUT2D eigenvalue weighted by atomic mass is 9.93. The average Bonchev–Trinajstić information content (AvgIpc) is 3.67. The zero-order chi connectivity index (χ0) is 27.7. The molecule has 0 bridgehead atoms. The van der Waals surface area contributed by atoms with E-state index in [1.54, 1.807) is 13.0 Å². The number of benzene rings is 3. The molecule has 6 nitrogen and oxygen atoms in total. The highest BCUT2D eigenvalue weighted by atomic mass is 35.5. The molecule has 1 amide bonds. The van der Waals surface area contributed by atoms with E-state index in [4.69, 9.17) is 21.1 Å². The van der Waals surface area contributed by atoms with E-state index in [9.17, 15) is 9.59 Å². The molecule has 39 heavy (non-hydrogen) atoms. The topological polar surface area (TPSA) is 77.5 Å². The van der Waals surface area contributed by atoms with Crippen LogP contribution in [-0.4, -0.2) is 23.5 Å². The van der Waals surface area contributed by atoms with Crippen LogP contribution in [0.25, 0.3) is 21.6 Å². The third kappa shape index (κ3) is 5.29. The molecule has 0 aliphatic heterocycles. The van der Waals surface area contributed by atoms with Crippen LogP contribution in [0.3, 0.4) is 0 Å². The van der Waals surface area contributed by atoms with Gasteiger partial charge in [-0.3, -0.25) is 10.1 Å². The number of carbonyl (C=O) groups excluding carboxylic acids is 2. The van der Waals surface area contributed by atoms with Crippen molar-refractivity contribution in [2.24, 2.45) is 0 Å². The van der Waals surface area contributed by atoms with E-state index in [0.717, 1.165) is 56.8 Å². The summed E-state index contributed by atoms with van der Waals surface area (Å²) in [6.07, 6.45) is 0.569. The molecule has 1 fully saturated rings. The number of hydrogen-bond donors (Lipinski definition) is 1. The number of anilines is 1. The van der Waals surface area contributed by atoms with Crippen LogP contribution in [0.15, 0.2) is 66.7 Å². The van der Waals surface area contributed by atoms with Gasteiger partial charge in [-0.15, -0.1) is 0 Å². The fourth-order valence-corrected chi connectivity index (χ4v) is 6.10. The van der Waals surface area contributed by atoms with Crippen LogP contribution in [0, 0.1) is 13.8 Å². The van der Waals surface area contributed by atoms with Crippen molar-refractivity contribution >= 4 is 40.9 Å². The van der Waals surface area contributed by atoms with Crippen molar-refractivity contribution in [2.45, 2.75) is 45.1 Å². The molecule has 0 radical (unpaired) electrons. The molecule has 4 aromatic rings. The summed E-state index contributed by atoms with van der Waals surface area (Å²) in [5, 5.41) is 3.45. The van der Waals surface area contributed by atoms with Gasteiger partial charge in [-0.05, 0) is 79.0 Å². The standard InChI is InChI=1S/C31H29ClN2O4S/c1-18-17-22(21-9-12-23(13-10-21)31(15-16-31)29(35)37-4)11-14-24(18)28-27(19(2)34-39-28)33-30(36)38-20(3)25-7-5-6-8-26(25)32/h5-14,17,20H,15-16H2,1-4H3,(H,33,36)/t20-/m1/s1. The number of amides is 1. The van der Waals surface area contributed by atoms with E-state index in [1.165, 1.54) is 18.6 Å². The number of halogens is 1. The first-order valence-electron chi connectivity index (χ1n) is 12.7. The number of rotatable bonds is 7. The summed E-state index contributed by atoms with van der Waals surface area (Å²) in [6, 6.07) is 21.7. The molecule has 1 aliphatic carbocycles. The van der Waals surface area contributed by atoms with E-state index in [0.29, 0.717) is 10.7 Å². The second-order valence-corrected chi connectivity index (χ2v) is 11.0. The number of nitrogens with zero attached hydrogens (tertiary/aromatic N) is 1. The van der Waals surface area contributed by atoms with Crippen molar-refractivity contribution in [3.05, 3.63) is 94.1 Å². The molecule has 1 N–H and O–H groups in total. The van der Waals surface area contributed by atoms with Gasteiger partial charge < -0.3 is 9.47 Å². The van der Waals surface area contributed by atoms with E-state index in [1.807, 2.05) is 62.4 Å². The molecule has 8 heteroatoms. The Labute approximate surface area is 237 Å². The lowest BCUT2D eigenvalue weighted by molar-refractivity contribution is -0.143. The lowest BCUT2D eigenvalue weighted by Gasteiger charge is -2.16. The quantitative estimate of drug-likeness (QED) is 0.230. The largest absolute Gasteiger partial charge is 0.468 e. The van der Waals surface area contributed by atoms with Crippen LogP contribution in [0.5, 0.6) is 0 Å². The second-order valence-electron chi connectivity index (χ2n) is 9.85. The zero-order valence-electron chi connectivity index (χ0n) is 22.2. The molecular weight excluding hydrogens is 532 g/mol. The average molecular weight is 561 g/mol. The van der Waals surface area contributed by atoms with E-state index >= 15 is 0 Å². The number of ether oxygens (including phenoxy) is 2. The van der Waals surface area contributed by atoms with Crippen LogP contribution in [0.1, 0.15) is 48.3 Å². The van der Waals surface area contributed by atoms with Gasteiger partial charge in [0.05, 0.1) is 28.8 Å². The molecule has 0 unspecified atom stereocenters. The van der Waals surface area contributed by atoms with Crippen molar-refractivity contribution in [1.82, 2.24) is 4.37 Å². The number of aryl methyl sites for hydroxylation is 2. The minimum atomic E-state index is -0.568. The van der Waals surface area contributed by atoms with Gasteiger partial charge in [0.1, 0.15) is 6.10 Å². The maximum atomic E-state index is 12.8. The minimum Gasteiger partial charge on any atom is -0.468 e. The van der Waals surface area contributed by atoms with Crippen molar-refractivity contribution in [1.29, 1.82) is 0 Å².